The van der Waals surface area contributed by atoms with Crippen LogP contribution in [0.4, 0.5) is 0 Å². The fourth-order valence-electron chi connectivity index (χ4n) is 1.52. The highest BCUT2D eigenvalue weighted by atomic mass is 16.2. The van der Waals surface area contributed by atoms with E-state index >= 15 is 0 Å². The number of nitrogens with zero attached hydrogens (tertiary/aromatic N) is 3. The molecule has 0 aromatic carbocycles. The Morgan fingerprint density at radius 1 is 1.27 bits per heavy atom. The summed E-state index contributed by atoms with van der Waals surface area (Å²) in [6.45, 7) is 3.40. The van der Waals surface area contributed by atoms with Crippen molar-refractivity contribution < 1.29 is 5.11 Å². The molecule has 4 nitrogen and oxygen atoms in total. The summed E-state index contributed by atoms with van der Waals surface area (Å²) in [6, 6.07) is 0. The number of aliphatic hydroxyl groups is 1. The molecule has 1 N–H and O–H groups in total. The fourth-order valence-corrected chi connectivity index (χ4v) is 1.52. The third kappa shape index (κ3) is 4.93. The molecular weight excluding hydrogens is 190 g/mol. The first-order valence-corrected chi connectivity index (χ1v) is 5.86. The van der Waals surface area contributed by atoms with Crippen LogP contribution < -0.4 is 0 Å². The van der Waals surface area contributed by atoms with Gasteiger partial charge in [-0.3, -0.25) is 4.68 Å². The van der Waals surface area contributed by atoms with Crippen molar-refractivity contribution in [3.05, 3.63) is 11.9 Å². The second-order valence-corrected chi connectivity index (χ2v) is 3.86. The molecule has 0 spiro atoms. The van der Waals surface area contributed by atoms with E-state index in [1.54, 1.807) is 0 Å². The Bertz CT molecular complexity index is 260. The minimum Gasteiger partial charge on any atom is -0.396 e. The Balaban J connectivity index is 2.20. The number of aliphatic hydroxyl groups excluding tert-OH is 1. The average Bonchev–Trinajstić information content (AvgIpc) is 2.69. The topological polar surface area (TPSA) is 50.9 Å². The third-order valence-corrected chi connectivity index (χ3v) is 2.42. The highest BCUT2D eigenvalue weighted by molar-refractivity contribution is 4.91. The van der Waals surface area contributed by atoms with E-state index in [2.05, 4.69) is 17.2 Å². The van der Waals surface area contributed by atoms with Gasteiger partial charge in [0, 0.05) is 19.3 Å². The van der Waals surface area contributed by atoms with E-state index in [-0.39, 0.29) is 6.61 Å². The molecule has 1 heterocycles. The maximum atomic E-state index is 8.68. The first-order chi connectivity index (χ1) is 7.36. The van der Waals surface area contributed by atoms with E-state index in [1.807, 2.05) is 10.9 Å². The molecule has 15 heavy (non-hydrogen) atoms. The van der Waals surface area contributed by atoms with Crippen LogP contribution in [-0.4, -0.2) is 26.7 Å². The maximum absolute atomic E-state index is 8.68. The molecule has 0 fully saturated rings. The number of hydrogen-bond acceptors (Lipinski definition) is 3. The van der Waals surface area contributed by atoms with E-state index in [1.165, 1.54) is 25.7 Å². The van der Waals surface area contributed by atoms with Gasteiger partial charge in [-0.1, -0.05) is 31.4 Å². The first-order valence-electron chi connectivity index (χ1n) is 5.86. The second-order valence-electron chi connectivity index (χ2n) is 3.86. The number of aromatic nitrogens is 3. The minimum atomic E-state index is 0.226. The van der Waals surface area contributed by atoms with Gasteiger partial charge in [0.25, 0.3) is 0 Å². The molecule has 4 heteroatoms. The molecule has 0 saturated heterocycles. The number of aryl methyl sites for hydroxylation is 2. The van der Waals surface area contributed by atoms with Gasteiger partial charge in [0.15, 0.2) is 0 Å². The van der Waals surface area contributed by atoms with Crippen LogP contribution in [0.5, 0.6) is 0 Å². The molecule has 0 aliphatic carbocycles. The van der Waals surface area contributed by atoms with Gasteiger partial charge < -0.3 is 5.11 Å². The molecule has 0 bridgehead atoms. The number of rotatable bonds is 8. The Morgan fingerprint density at radius 3 is 2.87 bits per heavy atom. The fraction of sp³-hybridized carbons (Fsp3) is 0.818. The molecular formula is C11H21N3O. The van der Waals surface area contributed by atoms with Crippen molar-refractivity contribution >= 4 is 0 Å². The van der Waals surface area contributed by atoms with Crippen molar-refractivity contribution in [3.63, 3.8) is 0 Å². The normalized spacial score (nSPS) is 10.8. The summed E-state index contributed by atoms with van der Waals surface area (Å²) in [5.41, 5.74) is 0.986. The summed E-state index contributed by atoms with van der Waals surface area (Å²) in [6.07, 6.45) is 8.59. The van der Waals surface area contributed by atoms with Gasteiger partial charge in [0.1, 0.15) is 0 Å². The van der Waals surface area contributed by atoms with Gasteiger partial charge in [-0.05, 0) is 19.3 Å². The molecule has 86 valence electrons. The molecule has 0 atom stereocenters. The summed E-state index contributed by atoms with van der Waals surface area (Å²) >= 11 is 0. The Labute approximate surface area is 91.3 Å². The highest BCUT2D eigenvalue weighted by Gasteiger charge is 1.99. The second kappa shape index (κ2) is 7.40. The molecule has 0 amide bonds. The maximum Gasteiger partial charge on any atom is 0.0828 e. The van der Waals surface area contributed by atoms with Crippen LogP contribution in [0.25, 0.3) is 0 Å². The zero-order valence-electron chi connectivity index (χ0n) is 9.52. The highest BCUT2D eigenvalue weighted by Crippen LogP contribution is 2.02. The molecule has 0 aliphatic heterocycles. The predicted octanol–water partition coefficient (Wildman–Crippen LogP) is 1.78. The molecule has 0 aliphatic rings. The van der Waals surface area contributed by atoms with Crippen LogP contribution in [0.2, 0.25) is 0 Å². The Kier molecular flexibility index (Phi) is 6.00. The summed E-state index contributed by atoms with van der Waals surface area (Å²) in [5.74, 6) is 0. The van der Waals surface area contributed by atoms with Crippen LogP contribution in [-0.2, 0) is 13.0 Å². The van der Waals surface area contributed by atoms with E-state index < -0.39 is 0 Å². The van der Waals surface area contributed by atoms with Crippen LogP contribution in [0.15, 0.2) is 6.20 Å². The van der Waals surface area contributed by atoms with Crippen LogP contribution >= 0.6 is 0 Å². The van der Waals surface area contributed by atoms with Crippen molar-refractivity contribution in [3.8, 4) is 0 Å². The number of hydrogen-bond donors (Lipinski definition) is 1. The van der Waals surface area contributed by atoms with Crippen LogP contribution in [0.3, 0.4) is 0 Å². The molecule has 1 rings (SSSR count). The van der Waals surface area contributed by atoms with Crippen molar-refractivity contribution in [1.82, 2.24) is 15.0 Å². The largest absolute Gasteiger partial charge is 0.396 e. The summed E-state index contributed by atoms with van der Waals surface area (Å²) in [5, 5.41) is 16.8. The predicted molar refractivity (Wildman–Crippen MR) is 59.6 cm³/mol. The molecule has 0 saturated carbocycles. The zero-order valence-corrected chi connectivity index (χ0v) is 9.52. The van der Waals surface area contributed by atoms with Crippen LogP contribution in [0.1, 0.15) is 44.7 Å². The summed E-state index contributed by atoms with van der Waals surface area (Å²) < 4.78 is 1.91. The Hall–Kier alpha value is -0.900. The first kappa shape index (κ1) is 12.2. The number of unbranched alkanes of at least 4 members (excludes halogenated alkanes) is 3. The molecule has 0 unspecified atom stereocenters. The van der Waals surface area contributed by atoms with Gasteiger partial charge >= 0.3 is 0 Å². The standard InChI is InChI=1S/C11H21N3O/c1-2-3-4-5-8-14-10-11(12-13-14)7-6-9-15/h10,15H,2-9H2,1H3. The van der Waals surface area contributed by atoms with Crippen LogP contribution in [0, 0.1) is 0 Å². The lowest BCUT2D eigenvalue weighted by Crippen LogP contribution is -1.98. The Morgan fingerprint density at radius 2 is 2.13 bits per heavy atom. The SMILES string of the molecule is CCCCCCn1cc(CCCO)nn1. The lowest BCUT2D eigenvalue weighted by atomic mass is 10.2. The van der Waals surface area contributed by atoms with Gasteiger partial charge in [-0.15, -0.1) is 5.10 Å². The quantitative estimate of drug-likeness (QED) is 0.667. The lowest BCUT2D eigenvalue weighted by Gasteiger charge is -1.98. The zero-order chi connectivity index (χ0) is 10.9. The van der Waals surface area contributed by atoms with Gasteiger partial charge in [-0.25, -0.2) is 0 Å². The average molecular weight is 211 g/mol. The van der Waals surface area contributed by atoms with Gasteiger partial charge in [-0.2, -0.15) is 0 Å². The lowest BCUT2D eigenvalue weighted by molar-refractivity contribution is 0.288. The van der Waals surface area contributed by atoms with Crippen molar-refractivity contribution in [2.45, 2.75) is 52.0 Å². The summed E-state index contributed by atoms with van der Waals surface area (Å²) in [7, 11) is 0. The van der Waals surface area contributed by atoms with Gasteiger partial charge in [0.2, 0.25) is 0 Å². The van der Waals surface area contributed by atoms with E-state index in [4.69, 9.17) is 5.11 Å². The van der Waals surface area contributed by atoms with Crippen molar-refractivity contribution in [1.29, 1.82) is 0 Å². The van der Waals surface area contributed by atoms with Crippen molar-refractivity contribution in [2.75, 3.05) is 6.61 Å². The molecule has 1 aromatic heterocycles. The molecule has 0 radical (unpaired) electrons. The van der Waals surface area contributed by atoms with Crippen molar-refractivity contribution in [2.24, 2.45) is 0 Å². The van der Waals surface area contributed by atoms with E-state index in [0.717, 1.165) is 25.1 Å². The molecule has 1 aromatic rings. The minimum absolute atomic E-state index is 0.226. The summed E-state index contributed by atoms with van der Waals surface area (Å²) in [4.78, 5) is 0. The third-order valence-electron chi connectivity index (χ3n) is 2.42. The van der Waals surface area contributed by atoms with Gasteiger partial charge in [0.05, 0.1) is 5.69 Å². The van der Waals surface area contributed by atoms with E-state index in [9.17, 15) is 0 Å². The monoisotopic (exact) mass is 211 g/mol. The van der Waals surface area contributed by atoms with E-state index in [0.29, 0.717) is 0 Å². The smallest absolute Gasteiger partial charge is 0.0828 e.